The average Bonchev–Trinajstić information content (AvgIpc) is 2.97. The molecular formula is C21H24N2OS. The Kier molecular flexibility index (Phi) is 3.72. The molecule has 0 amide bonds. The molecule has 0 aliphatic carbocycles. The molecule has 0 bridgehead atoms. The van der Waals surface area contributed by atoms with Crippen LogP contribution in [0, 0.1) is 6.92 Å². The molecule has 4 heteroatoms. The molecular weight excluding hydrogens is 328 g/mol. The molecule has 3 aliphatic rings. The molecule has 3 nitrogen and oxygen atoms in total. The van der Waals surface area contributed by atoms with Crippen LogP contribution in [0.3, 0.4) is 0 Å². The van der Waals surface area contributed by atoms with Gasteiger partial charge in [-0.2, -0.15) is 0 Å². The molecule has 3 heterocycles. The molecule has 0 spiro atoms. The zero-order valence-electron chi connectivity index (χ0n) is 14.8. The molecule has 2 aromatic rings. The first-order valence-corrected chi connectivity index (χ1v) is 10.2. The summed E-state index contributed by atoms with van der Waals surface area (Å²) in [5.41, 5.74) is 7.05. The highest BCUT2D eigenvalue weighted by molar-refractivity contribution is 7.99. The Morgan fingerprint density at radius 1 is 1.24 bits per heavy atom. The third-order valence-corrected chi connectivity index (χ3v) is 6.98. The van der Waals surface area contributed by atoms with Gasteiger partial charge in [0.05, 0.1) is 12.8 Å². The van der Waals surface area contributed by atoms with Crippen LogP contribution in [0.25, 0.3) is 11.1 Å². The van der Waals surface area contributed by atoms with E-state index in [-0.39, 0.29) is 0 Å². The third kappa shape index (κ3) is 2.38. The van der Waals surface area contributed by atoms with Crippen LogP contribution in [0.1, 0.15) is 23.5 Å². The normalized spacial score (nSPS) is 24.0. The summed E-state index contributed by atoms with van der Waals surface area (Å²) >= 11 is 2.03. The van der Waals surface area contributed by atoms with E-state index in [0.717, 1.165) is 18.8 Å². The molecule has 2 atom stereocenters. The maximum Gasteiger partial charge on any atom is 0.119 e. The molecule has 1 saturated heterocycles. The fourth-order valence-electron chi connectivity index (χ4n) is 4.80. The van der Waals surface area contributed by atoms with Gasteiger partial charge in [-0.25, -0.2) is 0 Å². The van der Waals surface area contributed by atoms with Gasteiger partial charge in [-0.15, -0.1) is 11.8 Å². The molecule has 1 fully saturated rings. The Hall–Kier alpha value is -1.65. The highest BCUT2D eigenvalue weighted by atomic mass is 32.2. The minimum absolute atomic E-state index is 0.639. The van der Waals surface area contributed by atoms with Crippen LogP contribution in [0.4, 0.5) is 5.69 Å². The van der Waals surface area contributed by atoms with Crippen molar-refractivity contribution >= 4 is 17.4 Å². The van der Waals surface area contributed by atoms with E-state index in [9.17, 15) is 0 Å². The largest absolute Gasteiger partial charge is 0.497 e. The van der Waals surface area contributed by atoms with Crippen LogP contribution < -0.4 is 15.0 Å². The lowest BCUT2D eigenvalue weighted by Crippen LogP contribution is -2.45. The van der Waals surface area contributed by atoms with E-state index in [4.69, 9.17) is 4.74 Å². The summed E-state index contributed by atoms with van der Waals surface area (Å²) in [7, 11) is 1.73. The van der Waals surface area contributed by atoms with Gasteiger partial charge >= 0.3 is 0 Å². The number of thioether (sulfide) groups is 1. The monoisotopic (exact) mass is 352 g/mol. The number of benzene rings is 2. The summed E-state index contributed by atoms with van der Waals surface area (Å²) < 4.78 is 5.38. The Balaban J connectivity index is 1.65. The molecule has 0 radical (unpaired) electrons. The van der Waals surface area contributed by atoms with E-state index in [1.165, 1.54) is 46.0 Å². The van der Waals surface area contributed by atoms with Crippen LogP contribution >= 0.6 is 11.8 Å². The summed E-state index contributed by atoms with van der Waals surface area (Å²) in [4.78, 5) is 4.18. The number of hydrogen-bond donors (Lipinski definition) is 1. The first-order chi connectivity index (χ1) is 12.3. The van der Waals surface area contributed by atoms with Gasteiger partial charge in [0.15, 0.2) is 0 Å². The second-order valence-corrected chi connectivity index (χ2v) is 8.44. The zero-order chi connectivity index (χ0) is 17.0. The number of ether oxygens (including phenoxy) is 1. The van der Waals surface area contributed by atoms with Crippen molar-refractivity contribution in [1.29, 1.82) is 0 Å². The van der Waals surface area contributed by atoms with E-state index in [0.29, 0.717) is 12.0 Å². The molecule has 0 unspecified atom stereocenters. The fraction of sp³-hybridized carbons (Fsp3) is 0.429. The van der Waals surface area contributed by atoms with Gasteiger partial charge in [0.1, 0.15) is 5.75 Å². The first kappa shape index (κ1) is 15.6. The Morgan fingerprint density at radius 2 is 2.16 bits per heavy atom. The van der Waals surface area contributed by atoms with Gasteiger partial charge < -0.3 is 15.0 Å². The maximum atomic E-state index is 5.38. The Labute approximate surface area is 153 Å². The van der Waals surface area contributed by atoms with Gasteiger partial charge in [-0.05, 0) is 66.4 Å². The predicted molar refractivity (Wildman–Crippen MR) is 105 cm³/mol. The lowest BCUT2D eigenvalue weighted by atomic mass is 9.88. The highest BCUT2D eigenvalue weighted by Gasteiger charge is 2.42. The van der Waals surface area contributed by atoms with E-state index in [2.05, 4.69) is 47.5 Å². The molecule has 0 saturated carbocycles. The van der Waals surface area contributed by atoms with Crippen molar-refractivity contribution in [2.24, 2.45) is 0 Å². The fourth-order valence-corrected chi connectivity index (χ4v) is 5.89. The van der Waals surface area contributed by atoms with Crippen molar-refractivity contribution in [3.63, 3.8) is 0 Å². The minimum atomic E-state index is 0.639. The number of piperidine rings is 1. The van der Waals surface area contributed by atoms with Gasteiger partial charge in [0.2, 0.25) is 0 Å². The van der Waals surface area contributed by atoms with Gasteiger partial charge in [0.25, 0.3) is 0 Å². The molecule has 130 valence electrons. The predicted octanol–water partition coefficient (Wildman–Crippen LogP) is 4.04. The number of rotatable bonds is 2. The number of anilines is 1. The van der Waals surface area contributed by atoms with Crippen LogP contribution in [0.5, 0.6) is 5.75 Å². The number of nitrogens with one attached hydrogen (secondary N) is 1. The summed E-state index contributed by atoms with van der Waals surface area (Å²) in [5.74, 6) is 2.77. The van der Waals surface area contributed by atoms with Crippen molar-refractivity contribution in [3.8, 4) is 16.9 Å². The van der Waals surface area contributed by atoms with Crippen LogP contribution in [-0.4, -0.2) is 38.5 Å². The van der Waals surface area contributed by atoms with Crippen LogP contribution in [-0.2, 0) is 0 Å². The number of aryl methyl sites for hydroxylation is 1. The molecule has 2 aromatic carbocycles. The second kappa shape index (κ2) is 5.96. The lowest BCUT2D eigenvalue weighted by molar-refractivity contribution is 0.406. The van der Waals surface area contributed by atoms with Crippen molar-refractivity contribution in [2.75, 3.05) is 37.4 Å². The molecule has 1 N–H and O–H groups in total. The topological polar surface area (TPSA) is 24.5 Å². The number of fused-ring (bicyclic) bond motifs is 3. The van der Waals surface area contributed by atoms with Crippen molar-refractivity contribution in [2.45, 2.75) is 30.2 Å². The summed E-state index contributed by atoms with van der Waals surface area (Å²) in [6.45, 7) is 5.65. The summed E-state index contributed by atoms with van der Waals surface area (Å²) in [5, 5.41) is 3.62. The summed E-state index contributed by atoms with van der Waals surface area (Å²) in [6.07, 6.45) is 1.26. The van der Waals surface area contributed by atoms with Gasteiger partial charge in [0, 0.05) is 35.7 Å². The smallest absolute Gasteiger partial charge is 0.119 e. The summed E-state index contributed by atoms with van der Waals surface area (Å²) in [6, 6.07) is 12.0. The number of nitrogens with zero attached hydrogens (tertiary/aromatic N) is 1. The van der Waals surface area contributed by atoms with Crippen LogP contribution in [0.2, 0.25) is 0 Å². The Bertz CT molecular complexity index is 835. The van der Waals surface area contributed by atoms with Gasteiger partial charge in [-0.1, -0.05) is 6.07 Å². The SMILES string of the molecule is COc1ccc(-c2cc3c4c(c2)[C@@H]2CNCC[C@@H]2N4CCS3)c(C)c1. The van der Waals surface area contributed by atoms with E-state index in [1.54, 1.807) is 12.7 Å². The molecule has 25 heavy (non-hydrogen) atoms. The quantitative estimate of drug-likeness (QED) is 0.881. The number of hydrogen-bond acceptors (Lipinski definition) is 4. The van der Waals surface area contributed by atoms with Crippen molar-refractivity contribution in [3.05, 3.63) is 41.5 Å². The lowest BCUT2D eigenvalue weighted by Gasteiger charge is -2.36. The zero-order valence-corrected chi connectivity index (χ0v) is 15.7. The second-order valence-electron chi connectivity index (χ2n) is 7.30. The molecule has 3 aliphatic heterocycles. The van der Waals surface area contributed by atoms with E-state index >= 15 is 0 Å². The highest BCUT2D eigenvalue weighted by Crippen LogP contribution is 2.51. The van der Waals surface area contributed by atoms with Crippen LogP contribution in [0.15, 0.2) is 35.2 Å². The standard InChI is InChI=1S/C21H24N2OS/c1-13-9-15(24-2)3-4-16(13)14-10-17-18-12-22-6-5-19(18)23-7-8-25-20(11-14)21(17)23/h3-4,9-11,18-19,22H,5-8,12H2,1-2H3/t18-,19-/m0/s1. The number of methoxy groups -OCH3 is 1. The van der Waals surface area contributed by atoms with Crippen molar-refractivity contribution in [1.82, 2.24) is 5.32 Å². The first-order valence-electron chi connectivity index (χ1n) is 9.19. The van der Waals surface area contributed by atoms with Crippen molar-refractivity contribution < 1.29 is 4.74 Å². The Morgan fingerprint density at radius 3 is 3.00 bits per heavy atom. The van der Waals surface area contributed by atoms with Gasteiger partial charge in [-0.3, -0.25) is 0 Å². The van der Waals surface area contributed by atoms with E-state index < -0.39 is 0 Å². The molecule has 5 rings (SSSR count). The van der Waals surface area contributed by atoms with E-state index in [1.807, 2.05) is 11.8 Å². The average molecular weight is 353 g/mol. The minimum Gasteiger partial charge on any atom is -0.497 e. The maximum absolute atomic E-state index is 5.38. The molecule has 0 aromatic heterocycles. The third-order valence-electron chi connectivity index (χ3n) is 5.97.